The average Bonchev–Trinajstić information content (AvgIpc) is 3.82. The first-order valence-corrected chi connectivity index (χ1v) is 21.6. The second-order valence-electron chi connectivity index (χ2n) is 18.2. The summed E-state index contributed by atoms with van der Waals surface area (Å²) in [6.45, 7) is 9.15. The van der Waals surface area contributed by atoms with E-state index in [1.807, 2.05) is 51.1 Å². The van der Waals surface area contributed by atoms with Crippen molar-refractivity contribution in [3.63, 3.8) is 0 Å². The van der Waals surface area contributed by atoms with Gasteiger partial charge in [-0.1, -0.05) is 83.2 Å². The van der Waals surface area contributed by atoms with Crippen LogP contribution in [0, 0.1) is 30.1 Å². The Morgan fingerprint density at radius 3 is 2.26 bits per heavy atom. The molecule has 58 heavy (non-hydrogen) atoms. The van der Waals surface area contributed by atoms with Crippen molar-refractivity contribution in [2.24, 2.45) is 23.2 Å². The molecule has 0 spiro atoms. The number of piperidine rings is 1. The van der Waals surface area contributed by atoms with E-state index in [4.69, 9.17) is 0 Å². The molecule has 2 saturated heterocycles. The SMILES string of the molecule is CCC[C@H](NC(=O)[C@@H]1C[C@@H]2CCCC3[C@@H]2N1C(=O)[C@@H](NC(=O)[C@@H](NC(=O)c1[nH]c(C)c(C(C)=O)c1-c1ccccc1)C1CCCCC1)C3(C)C)C(=O)C(=O)NC1CC1. The fourth-order valence-electron chi connectivity index (χ4n) is 10.7. The molecule has 312 valence electrons. The third-order valence-electron chi connectivity index (χ3n) is 13.8. The van der Waals surface area contributed by atoms with Crippen LogP contribution >= 0.6 is 0 Å². The third-order valence-corrected chi connectivity index (χ3v) is 13.8. The number of nitrogens with one attached hydrogen (secondary N) is 5. The molecule has 7 rings (SSSR count). The number of aryl methyl sites for hydroxylation is 1. The fourth-order valence-corrected chi connectivity index (χ4v) is 10.7. The number of amides is 5. The van der Waals surface area contributed by atoms with Crippen LogP contribution in [0.4, 0.5) is 0 Å². The third kappa shape index (κ3) is 7.97. The normalized spacial score (nSPS) is 26.2. The number of carbonyl (C=O) groups excluding carboxylic acids is 7. The van der Waals surface area contributed by atoms with E-state index in [2.05, 4.69) is 26.3 Å². The number of Topliss-reactive ketones (excluding diaryl/α,β-unsaturated/α-hetero) is 2. The number of rotatable bonds is 14. The summed E-state index contributed by atoms with van der Waals surface area (Å²) in [5.41, 5.74) is 1.68. The molecule has 7 atom stereocenters. The summed E-state index contributed by atoms with van der Waals surface area (Å²) in [6, 6.07) is 5.25. The summed E-state index contributed by atoms with van der Waals surface area (Å²) in [5, 5.41) is 11.8. The van der Waals surface area contributed by atoms with Gasteiger partial charge < -0.3 is 31.2 Å². The maximum absolute atomic E-state index is 14.9. The van der Waals surface area contributed by atoms with Gasteiger partial charge in [-0.2, -0.15) is 0 Å². The smallest absolute Gasteiger partial charge is 0.289 e. The molecule has 5 aliphatic rings. The van der Waals surface area contributed by atoms with Crippen molar-refractivity contribution in [2.75, 3.05) is 0 Å². The Bertz CT molecular complexity index is 1950. The number of aromatic nitrogens is 1. The lowest BCUT2D eigenvalue weighted by Crippen LogP contribution is -2.70. The topological polar surface area (TPSA) is 187 Å². The second-order valence-corrected chi connectivity index (χ2v) is 18.2. The Labute approximate surface area is 341 Å². The Morgan fingerprint density at radius 1 is 0.897 bits per heavy atom. The van der Waals surface area contributed by atoms with Crippen LogP contribution in [0.1, 0.15) is 138 Å². The number of H-pyrrole nitrogens is 1. The Balaban J connectivity index is 1.15. The molecule has 0 radical (unpaired) electrons. The monoisotopic (exact) mass is 796 g/mol. The minimum absolute atomic E-state index is 0.000774. The summed E-state index contributed by atoms with van der Waals surface area (Å²) < 4.78 is 0. The van der Waals surface area contributed by atoms with E-state index in [9.17, 15) is 33.6 Å². The lowest BCUT2D eigenvalue weighted by molar-refractivity contribution is -0.160. The van der Waals surface area contributed by atoms with Gasteiger partial charge in [-0.15, -0.1) is 0 Å². The van der Waals surface area contributed by atoms with Crippen LogP contribution in [0.5, 0.6) is 0 Å². The quantitative estimate of drug-likeness (QED) is 0.133. The van der Waals surface area contributed by atoms with Crippen molar-refractivity contribution in [1.82, 2.24) is 31.2 Å². The van der Waals surface area contributed by atoms with Crippen molar-refractivity contribution >= 4 is 41.1 Å². The average molecular weight is 797 g/mol. The molecule has 5 fully saturated rings. The molecule has 1 aromatic carbocycles. The first kappa shape index (κ1) is 41.4. The van der Waals surface area contributed by atoms with Crippen molar-refractivity contribution in [3.8, 4) is 11.1 Å². The molecule has 1 unspecified atom stereocenters. The highest BCUT2D eigenvalue weighted by molar-refractivity contribution is 6.38. The molecule has 3 aliphatic carbocycles. The molecule has 3 heterocycles. The minimum Gasteiger partial charge on any atom is -0.353 e. The molecular weight excluding hydrogens is 737 g/mol. The van der Waals surface area contributed by atoms with Crippen LogP contribution in [0.15, 0.2) is 30.3 Å². The van der Waals surface area contributed by atoms with Crippen LogP contribution in [0.3, 0.4) is 0 Å². The van der Waals surface area contributed by atoms with E-state index in [1.165, 1.54) is 6.92 Å². The van der Waals surface area contributed by atoms with Gasteiger partial charge in [0.15, 0.2) is 5.78 Å². The van der Waals surface area contributed by atoms with E-state index < -0.39 is 59.0 Å². The molecule has 3 saturated carbocycles. The number of ketones is 2. The van der Waals surface area contributed by atoms with Crippen LogP contribution < -0.4 is 21.3 Å². The molecule has 5 N–H and O–H groups in total. The number of nitrogens with zero attached hydrogens (tertiary/aromatic N) is 1. The van der Waals surface area contributed by atoms with E-state index >= 15 is 0 Å². The highest BCUT2D eigenvalue weighted by Crippen LogP contribution is 2.54. The number of aromatic amines is 1. The molecule has 0 bridgehead atoms. The largest absolute Gasteiger partial charge is 0.353 e. The summed E-state index contributed by atoms with van der Waals surface area (Å²) in [6.07, 6.45) is 9.89. The molecule has 13 nitrogen and oxygen atoms in total. The van der Waals surface area contributed by atoms with Gasteiger partial charge in [0.25, 0.3) is 11.8 Å². The number of hydrogen-bond acceptors (Lipinski definition) is 7. The summed E-state index contributed by atoms with van der Waals surface area (Å²) >= 11 is 0. The molecule has 1 aromatic heterocycles. The molecule has 2 aromatic rings. The van der Waals surface area contributed by atoms with E-state index in [0.717, 1.165) is 64.2 Å². The Kier molecular flexibility index (Phi) is 12.0. The zero-order valence-electron chi connectivity index (χ0n) is 34.6. The zero-order valence-corrected chi connectivity index (χ0v) is 34.6. The lowest BCUT2D eigenvalue weighted by Gasteiger charge is -2.55. The van der Waals surface area contributed by atoms with E-state index in [-0.39, 0.29) is 47.2 Å². The van der Waals surface area contributed by atoms with Gasteiger partial charge in [0.1, 0.15) is 23.8 Å². The number of benzene rings is 1. The molecule has 13 heteroatoms. The standard InChI is InChI=1S/C45H60N6O7/c1-6-14-31(38(53)43(57)47-29-21-22-29)48-40(54)32-23-28-19-13-20-30-37(28)51(32)44(58)39(45(30,4)5)50-41(55)35(27-17-11-8-12-18-27)49-42(56)36-34(26-15-9-7-10-16-26)33(25(3)52)24(2)46-36/h7,9-10,15-16,27-32,35,37,39,46H,6,8,11-14,17-23H2,1-5H3,(H,47,57)(H,48,54)(H,49,56)(H,50,55)/t28-,30?,31-,32-,35-,37+,39+/m0/s1. The molecular formula is C45H60N6O7. The lowest BCUT2D eigenvalue weighted by atomic mass is 9.60. The van der Waals surface area contributed by atoms with Gasteiger partial charge in [0.05, 0.1) is 6.04 Å². The summed E-state index contributed by atoms with van der Waals surface area (Å²) in [7, 11) is 0. The van der Waals surface area contributed by atoms with Crippen LogP contribution in [0.25, 0.3) is 11.1 Å². The molecule has 2 aliphatic heterocycles. The highest BCUT2D eigenvalue weighted by atomic mass is 16.2. The van der Waals surface area contributed by atoms with Gasteiger partial charge in [-0.25, -0.2) is 0 Å². The van der Waals surface area contributed by atoms with Gasteiger partial charge in [-0.05, 0) is 93.9 Å². The fraction of sp³-hybridized carbons (Fsp3) is 0.622. The van der Waals surface area contributed by atoms with Gasteiger partial charge in [0.2, 0.25) is 23.5 Å². The predicted molar refractivity (Wildman–Crippen MR) is 217 cm³/mol. The first-order chi connectivity index (χ1) is 27.7. The van der Waals surface area contributed by atoms with E-state index in [0.29, 0.717) is 41.6 Å². The first-order valence-electron chi connectivity index (χ1n) is 21.6. The highest BCUT2D eigenvalue weighted by Gasteiger charge is 2.62. The second kappa shape index (κ2) is 16.8. The van der Waals surface area contributed by atoms with Gasteiger partial charge in [-0.3, -0.25) is 33.6 Å². The maximum atomic E-state index is 14.9. The van der Waals surface area contributed by atoms with Crippen LogP contribution in [-0.2, 0) is 24.0 Å². The van der Waals surface area contributed by atoms with Crippen LogP contribution in [-0.4, -0.2) is 87.2 Å². The van der Waals surface area contributed by atoms with Gasteiger partial charge in [0, 0.05) is 28.9 Å². The van der Waals surface area contributed by atoms with Crippen LogP contribution in [0.2, 0.25) is 0 Å². The van der Waals surface area contributed by atoms with Crippen molar-refractivity contribution < 1.29 is 33.6 Å². The molecule has 5 amide bonds. The minimum atomic E-state index is -1.00. The summed E-state index contributed by atoms with van der Waals surface area (Å²) in [5.74, 6) is -3.41. The zero-order chi connectivity index (χ0) is 41.5. The number of carbonyl (C=O) groups is 7. The number of hydrogen-bond donors (Lipinski definition) is 5. The summed E-state index contributed by atoms with van der Waals surface area (Å²) in [4.78, 5) is 102. The Morgan fingerprint density at radius 2 is 1.60 bits per heavy atom. The Hall–Kier alpha value is -4.81. The van der Waals surface area contributed by atoms with Gasteiger partial charge >= 0.3 is 0 Å². The maximum Gasteiger partial charge on any atom is 0.289 e. The van der Waals surface area contributed by atoms with Crippen molar-refractivity contribution in [2.45, 2.75) is 154 Å². The van der Waals surface area contributed by atoms with E-state index in [1.54, 1.807) is 11.8 Å². The van der Waals surface area contributed by atoms with Crippen molar-refractivity contribution in [1.29, 1.82) is 0 Å². The predicted octanol–water partition coefficient (Wildman–Crippen LogP) is 4.91. The van der Waals surface area contributed by atoms with Crippen molar-refractivity contribution in [3.05, 3.63) is 47.3 Å².